The van der Waals surface area contributed by atoms with Gasteiger partial charge >= 0.3 is 0 Å². The zero-order chi connectivity index (χ0) is 11.1. The van der Waals surface area contributed by atoms with E-state index in [9.17, 15) is 0 Å². The standard InChI is InChI=1S/C14H20/c1-7-13(6)14(8-2)10-12(5)9-11(3)4/h7-8,10H,1-3,9H2,4-6H3/b12-10-,14-13+. The second-order valence-corrected chi connectivity index (χ2v) is 3.67. The van der Waals surface area contributed by atoms with Gasteiger partial charge in [0.2, 0.25) is 0 Å². The van der Waals surface area contributed by atoms with Gasteiger partial charge in [-0.05, 0) is 38.3 Å². The van der Waals surface area contributed by atoms with Crippen LogP contribution in [-0.2, 0) is 0 Å². The fraction of sp³-hybridized carbons (Fsp3) is 0.286. The maximum absolute atomic E-state index is 3.89. The molecule has 76 valence electrons. The highest BCUT2D eigenvalue weighted by molar-refractivity contribution is 5.40. The van der Waals surface area contributed by atoms with Crippen LogP contribution in [0.15, 0.2) is 60.3 Å². The molecule has 0 spiro atoms. The van der Waals surface area contributed by atoms with Crippen LogP contribution in [0.25, 0.3) is 0 Å². The molecule has 0 aliphatic carbocycles. The van der Waals surface area contributed by atoms with Crippen LogP contribution in [0.1, 0.15) is 27.2 Å². The first kappa shape index (κ1) is 12.7. The minimum atomic E-state index is 0.946. The lowest BCUT2D eigenvalue weighted by Crippen LogP contribution is -1.83. The van der Waals surface area contributed by atoms with E-state index >= 15 is 0 Å². The highest BCUT2D eigenvalue weighted by Crippen LogP contribution is 2.14. The molecule has 0 saturated carbocycles. The molecule has 0 aromatic carbocycles. The third-order valence-electron chi connectivity index (χ3n) is 1.96. The molecule has 0 atom stereocenters. The van der Waals surface area contributed by atoms with Gasteiger partial charge in [0, 0.05) is 0 Å². The summed E-state index contributed by atoms with van der Waals surface area (Å²) in [5, 5.41) is 0. The summed E-state index contributed by atoms with van der Waals surface area (Å²) in [6, 6.07) is 0. The maximum atomic E-state index is 3.89. The second kappa shape index (κ2) is 6.20. The van der Waals surface area contributed by atoms with Gasteiger partial charge in [0.1, 0.15) is 0 Å². The van der Waals surface area contributed by atoms with Gasteiger partial charge in [-0.25, -0.2) is 0 Å². The van der Waals surface area contributed by atoms with Crippen molar-refractivity contribution in [2.24, 2.45) is 0 Å². The fourth-order valence-electron chi connectivity index (χ4n) is 1.24. The van der Waals surface area contributed by atoms with E-state index in [1.807, 2.05) is 26.0 Å². The Kier molecular flexibility index (Phi) is 5.62. The molecule has 0 heteroatoms. The Bertz CT molecular complexity index is 298. The number of hydrogen-bond donors (Lipinski definition) is 0. The molecule has 0 radical (unpaired) electrons. The van der Waals surface area contributed by atoms with E-state index in [-0.39, 0.29) is 0 Å². The highest BCUT2D eigenvalue weighted by Gasteiger charge is 1.94. The molecule has 0 heterocycles. The van der Waals surface area contributed by atoms with Crippen molar-refractivity contribution in [1.82, 2.24) is 0 Å². The Morgan fingerprint density at radius 1 is 1.07 bits per heavy atom. The molecule has 0 aliphatic heterocycles. The molecule has 0 aromatic heterocycles. The Hall–Kier alpha value is -1.30. The summed E-state index contributed by atoms with van der Waals surface area (Å²) in [5.41, 5.74) is 4.77. The lowest BCUT2D eigenvalue weighted by Gasteiger charge is -2.03. The van der Waals surface area contributed by atoms with E-state index in [4.69, 9.17) is 0 Å². The zero-order valence-corrected chi connectivity index (χ0v) is 9.56. The molecule has 0 bridgehead atoms. The average molecular weight is 188 g/mol. The molecule has 0 amide bonds. The van der Waals surface area contributed by atoms with E-state index in [1.54, 1.807) is 0 Å². The summed E-state index contributed by atoms with van der Waals surface area (Å²) in [6.07, 6.45) is 6.79. The number of rotatable bonds is 5. The fourth-order valence-corrected chi connectivity index (χ4v) is 1.24. The summed E-state index contributed by atoms with van der Waals surface area (Å²) in [7, 11) is 0. The Balaban J connectivity index is 4.84. The lowest BCUT2D eigenvalue weighted by molar-refractivity contribution is 1.11. The van der Waals surface area contributed by atoms with Gasteiger partial charge in [-0.3, -0.25) is 0 Å². The molecule has 0 nitrogen and oxygen atoms in total. The van der Waals surface area contributed by atoms with Crippen molar-refractivity contribution in [3.05, 3.63) is 60.3 Å². The van der Waals surface area contributed by atoms with Gasteiger partial charge in [-0.2, -0.15) is 0 Å². The number of hydrogen-bond acceptors (Lipinski definition) is 0. The molecule has 0 rings (SSSR count). The first-order valence-electron chi connectivity index (χ1n) is 4.78. The largest absolute Gasteiger partial charge is 0.0998 e. The van der Waals surface area contributed by atoms with E-state index in [2.05, 4.69) is 32.7 Å². The van der Waals surface area contributed by atoms with Gasteiger partial charge in [-0.15, -0.1) is 0 Å². The SMILES string of the molecule is C=C/C(C)=C(C=C)/C=C(/C)CC(=C)C. The van der Waals surface area contributed by atoms with Crippen molar-refractivity contribution < 1.29 is 0 Å². The van der Waals surface area contributed by atoms with Crippen molar-refractivity contribution in [1.29, 1.82) is 0 Å². The quantitative estimate of drug-likeness (QED) is 0.437. The zero-order valence-electron chi connectivity index (χ0n) is 9.56. The van der Waals surface area contributed by atoms with Gasteiger partial charge in [0.25, 0.3) is 0 Å². The van der Waals surface area contributed by atoms with Crippen molar-refractivity contribution in [2.75, 3.05) is 0 Å². The van der Waals surface area contributed by atoms with Gasteiger partial charge < -0.3 is 0 Å². The molecular weight excluding hydrogens is 168 g/mol. The predicted octanol–water partition coefficient (Wildman–Crippen LogP) is 4.59. The third-order valence-corrected chi connectivity index (χ3v) is 1.96. The maximum Gasteiger partial charge on any atom is -0.0113 e. The van der Waals surface area contributed by atoms with Crippen molar-refractivity contribution >= 4 is 0 Å². The summed E-state index contributed by atoms with van der Waals surface area (Å²) < 4.78 is 0. The topological polar surface area (TPSA) is 0 Å². The monoisotopic (exact) mass is 188 g/mol. The lowest BCUT2D eigenvalue weighted by atomic mass is 10.0. The number of allylic oxidation sites excluding steroid dienone is 7. The van der Waals surface area contributed by atoms with Crippen molar-refractivity contribution in [3.63, 3.8) is 0 Å². The molecule has 14 heavy (non-hydrogen) atoms. The molecule has 0 aromatic rings. The Labute approximate surface area is 88.0 Å². The molecule has 0 saturated heterocycles. The van der Waals surface area contributed by atoms with Crippen molar-refractivity contribution in [2.45, 2.75) is 27.2 Å². The van der Waals surface area contributed by atoms with Gasteiger partial charge in [-0.1, -0.05) is 49.1 Å². The Morgan fingerprint density at radius 3 is 2.00 bits per heavy atom. The first-order chi connectivity index (χ1) is 6.51. The van der Waals surface area contributed by atoms with E-state index < -0.39 is 0 Å². The van der Waals surface area contributed by atoms with Crippen LogP contribution in [-0.4, -0.2) is 0 Å². The van der Waals surface area contributed by atoms with Gasteiger partial charge in [0.15, 0.2) is 0 Å². The van der Waals surface area contributed by atoms with Crippen molar-refractivity contribution in [3.8, 4) is 0 Å². The summed E-state index contributed by atoms with van der Waals surface area (Å²) in [6.45, 7) is 17.6. The van der Waals surface area contributed by atoms with Crippen LogP contribution in [0.3, 0.4) is 0 Å². The van der Waals surface area contributed by atoms with E-state index in [1.165, 1.54) is 11.1 Å². The van der Waals surface area contributed by atoms with Crippen LogP contribution >= 0.6 is 0 Å². The minimum Gasteiger partial charge on any atom is -0.0998 e. The second-order valence-electron chi connectivity index (χ2n) is 3.67. The predicted molar refractivity (Wildman–Crippen MR) is 66.3 cm³/mol. The average Bonchev–Trinajstić information content (AvgIpc) is 2.11. The smallest absolute Gasteiger partial charge is 0.0113 e. The van der Waals surface area contributed by atoms with E-state index in [0.29, 0.717) is 0 Å². The van der Waals surface area contributed by atoms with Crippen LogP contribution < -0.4 is 0 Å². The van der Waals surface area contributed by atoms with Crippen LogP contribution in [0.2, 0.25) is 0 Å². The minimum absolute atomic E-state index is 0.946. The molecule has 0 fully saturated rings. The molecule has 0 N–H and O–H groups in total. The van der Waals surface area contributed by atoms with E-state index in [0.717, 1.165) is 17.6 Å². The van der Waals surface area contributed by atoms with Crippen LogP contribution in [0, 0.1) is 0 Å². The summed E-state index contributed by atoms with van der Waals surface area (Å²) >= 11 is 0. The molecular formula is C14H20. The third kappa shape index (κ3) is 4.66. The first-order valence-corrected chi connectivity index (χ1v) is 4.78. The molecule has 0 unspecified atom stereocenters. The van der Waals surface area contributed by atoms with Gasteiger partial charge in [0.05, 0.1) is 0 Å². The van der Waals surface area contributed by atoms with Crippen LogP contribution in [0.5, 0.6) is 0 Å². The highest BCUT2D eigenvalue weighted by atomic mass is 14.0. The summed E-state index contributed by atoms with van der Waals surface area (Å²) in [5.74, 6) is 0. The molecule has 0 aliphatic rings. The summed E-state index contributed by atoms with van der Waals surface area (Å²) in [4.78, 5) is 0. The van der Waals surface area contributed by atoms with Crippen LogP contribution in [0.4, 0.5) is 0 Å². The normalized spacial score (nSPS) is 13.2. The Morgan fingerprint density at radius 2 is 1.64 bits per heavy atom.